The molecule has 0 spiro atoms. The zero-order valence-corrected chi connectivity index (χ0v) is 51.0. The smallest absolute Gasteiger partial charge is 0.478 e. The van der Waals surface area contributed by atoms with Gasteiger partial charge in [0.25, 0.3) is 26.1 Å². The van der Waals surface area contributed by atoms with Gasteiger partial charge in [-0.15, -0.1) is 0 Å². The number of phosphoric acid groups is 3. The third kappa shape index (κ3) is 17.9. The summed E-state index contributed by atoms with van der Waals surface area (Å²) < 4.78 is 142. The van der Waals surface area contributed by atoms with Gasteiger partial charge in [0.05, 0.1) is 29.2 Å². The summed E-state index contributed by atoms with van der Waals surface area (Å²) in [6, 6.07) is 8.40. The normalized spacial score (nSPS) is 17.7. The average Bonchev–Trinajstić information content (AvgIpc) is 3.50. The number of benzene rings is 3. The number of ether oxygens (including phenoxy) is 3. The Morgan fingerprint density at radius 3 is 2.22 bits per heavy atom. The van der Waals surface area contributed by atoms with E-state index in [-0.39, 0.29) is 80.8 Å². The van der Waals surface area contributed by atoms with Gasteiger partial charge in [-0.1, -0.05) is 94.0 Å². The second-order valence-electron chi connectivity index (χ2n) is 18.9. The molecule has 5 atom stereocenters. The summed E-state index contributed by atoms with van der Waals surface area (Å²) in [5, 5.41) is 20.6. The van der Waals surface area contributed by atoms with E-state index in [4.69, 9.17) is 44.1 Å². The van der Waals surface area contributed by atoms with Gasteiger partial charge in [0, 0.05) is 50.7 Å². The van der Waals surface area contributed by atoms with Gasteiger partial charge in [-0.05, 0) is 56.2 Å². The maximum atomic E-state index is 13.6. The molecule has 3 heterocycles. The second-order valence-corrected chi connectivity index (χ2v) is 32.1. The summed E-state index contributed by atoms with van der Waals surface area (Å²) in [6.45, 7) is 9.82. The van der Waals surface area contributed by atoms with Gasteiger partial charge in [0.15, 0.2) is 16.2 Å². The summed E-state index contributed by atoms with van der Waals surface area (Å²) in [7, 11) is -22.0. The van der Waals surface area contributed by atoms with Gasteiger partial charge >= 0.3 is 35.1 Å². The lowest BCUT2D eigenvalue weighted by molar-refractivity contribution is -0.0543. The Labute approximate surface area is 482 Å². The van der Waals surface area contributed by atoms with Crippen molar-refractivity contribution in [3.05, 3.63) is 86.8 Å². The molecule has 38 heteroatoms. The van der Waals surface area contributed by atoms with Crippen LogP contribution in [0.2, 0.25) is 0 Å². The maximum absolute atomic E-state index is 13.6. The molecule has 2 aromatic carbocycles. The lowest BCUT2D eigenvalue weighted by atomic mass is 9.89. The fraction of sp³-hybridized carbons (Fsp3) is 0.386. The van der Waals surface area contributed by atoms with E-state index in [0.29, 0.717) is 0 Å². The highest BCUT2D eigenvalue weighted by Crippen LogP contribution is 2.66. The molecule has 1 saturated heterocycles. The Hall–Kier alpha value is -4.18. The Morgan fingerprint density at radius 2 is 1.59 bits per heavy atom. The number of rotatable bonds is 24. The molecular formula is C44H52N5O24P3S6. The van der Waals surface area contributed by atoms with E-state index in [1.54, 1.807) is 13.8 Å². The summed E-state index contributed by atoms with van der Waals surface area (Å²) in [5.41, 5.74) is 3.48. The molecule has 1 aromatic heterocycles. The van der Waals surface area contributed by atoms with Crippen molar-refractivity contribution in [1.82, 2.24) is 14.9 Å². The largest absolute Gasteiger partial charge is 0.490 e. The SMILES string of the molecule is Cc1ccc2c(-c3ccc(C(=O)NCC(C)(C)SSCOCC#Cc4cn([C@H]5C[C@@H](OCSSC(C)(C)C)[C@@H](COP(=O)(O)OP(=O)(O)OP(=O)(O)O)O5)c(=O)nc4N)cc3C(=O)O)c3ccc(=N)c(S(=O)(=O)O)c-3oc2c1S(=O)(=O)O. The number of aromatic nitrogens is 2. The number of carboxylic acid groups (broad SMARTS) is 1. The molecule has 1 aliphatic carbocycles. The Kier molecular flexibility index (Phi) is 21.4. The number of carbonyl (C=O) groups is 2. The van der Waals surface area contributed by atoms with Gasteiger partial charge in [0.1, 0.15) is 41.5 Å². The van der Waals surface area contributed by atoms with Crippen LogP contribution in [0.1, 0.15) is 79.1 Å². The third-order valence-electron chi connectivity index (χ3n) is 10.9. The van der Waals surface area contributed by atoms with Crippen LogP contribution in [0.5, 0.6) is 0 Å². The second kappa shape index (κ2) is 26.2. The number of anilines is 1. The molecule has 448 valence electrons. The maximum Gasteiger partial charge on any atom is 0.490 e. The number of nitrogens with zero attached hydrogens (tertiary/aromatic N) is 2. The molecule has 2 aliphatic heterocycles. The number of aromatic carboxylic acids is 1. The van der Waals surface area contributed by atoms with Crippen molar-refractivity contribution >= 4 is 116 Å². The van der Waals surface area contributed by atoms with E-state index >= 15 is 0 Å². The predicted octanol–water partition coefficient (Wildman–Crippen LogP) is 6.39. The van der Waals surface area contributed by atoms with Gasteiger partial charge < -0.3 is 54.4 Å². The Balaban J connectivity index is 1.09. The molecule has 82 heavy (non-hydrogen) atoms. The monoisotopic (exact) mass is 1320 g/mol. The quantitative estimate of drug-likeness (QED) is 0.00608. The number of hydrogen-bond acceptors (Lipinski definition) is 24. The van der Waals surface area contributed by atoms with Gasteiger partial charge in [-0.2, -0.15) is 30.4 Å². The van der Waals surface area contributed by atoms with Crippen LogP contribution >= 0.6 is 66.6 Å². The van der Waals surface area contributed by atoms with Gasteiger partial charge in [-0.3, -0.25) is 28.4 Å². The summed E-state index contributed by atoms with van der Waals surface area (Å²) in [5.74, 6) is 2.44. The third-order valence-corrected chi connectivity index (χ3v) is 22.6. The van der Waals surface area contributed by atoms with E-state index in [1.807, 2.05) is 20.8 Å². The minimum atomic E-state index is -5.82. The molecule has 0 saturated carbocycles. The molecule has 11 N–H and O–H groups in total. The first-order valence-electron chi connectivity index (χ1n) is 23.1. The van der Waals surface area contributed by atoms with Crippen LogP contribution in [0.4, 0.5) is 5.82 Å². The zero-order chi connectivity index (χ0) is 61.1. The Morgan fingerprint density at radius 1 is 0.927 bits per heavy atom. The lowest BCUT2D eigenvalue weighted by Gasteiger charge is -2.23. The van der Waals surface area contributed by atoms with Crippen molar-refractivity contribution < 1.29 is 106 Å². The number of phosphoric ester groups is 1. The van der Waals surface area contributed by atoms with Crippen molar-refractivity contribution in [2.24, 2.45) is 0 Å². The number of fused-ring (bicyclic) bond motifs is 2. The highest BCUT2D eigenvalue weighted by atomic mass is 33.1. The van der Waals surface area contributed by atoms with E-state index in [0.717, 1.165) is 16.7 Å². The van der Waals surface area contributed by atoms with E-state index in [9.17, 15) is 68.9 Å². The number of carboxylic acids is 1. The molecule has 2 unspecified atom stereocenters. The van der Waals surface area contributed by atoms with E-state index in [2.05, 4.69) is 30.8 Å². The number of aryl methyl sites for hydroxylation is 1. The van der Waals surface area contributed by atoms with Crippen LogP contribution in [0.3, 0.4) is 0 Å². The highest BCUT2D eigenvalue weighted by Gasteiger charge is 2.44. The highest BCUT2D eigenvalue weighted by molar-refractivity contribution is 8.77. The first-order chi connectivity index (χ1) is 37.8. The summed E-state index contributed by atoms with van der Waals surface area (Å²) >= 11 is 0. The molecule has 0 radical (unpaired) electrons. The number of nitrogens with two attached hydrogens (primary N) is 1. The fourth-order valence-electron chi connectivity index (χ4n) is 7.65. The van der Waals surface area contributed by atoms with Crippen LogP contribution in [-0.2, 0) is 61.3 Å². The minimum Gasteiger partial charge on any atom is -0.478 e. The standard InChI is InChI=1S/C44H52N5O24P3S6/c1-23-9-11-27-34(28-13-14-30(45)38(82(64,65)66)36(28)71-35(27)37(23)81(61,62)63)26-12-10-24(16-29(26)41(51)52)40(50)47-20-44(5,6)80-77-21-67-15-7-8-25-18-49(42(53)48-39(25)46)33-17-31(68-22-78-79-43(2,3)4)32(70-33)19-69-75(57,58)73-76(59,60)72-74(54,55)56/h9-14,16,18,31-33,45H,15,17,19-22H2,1-6H3,(H,47,50)(H,51,52)(H,57,58)(H,59,60)(H2,46,48,53)(H2,54,55,56)(H,61,62,63)(H,64,65,66)/t31-,32-,33-/m1/s1. The van der Waals surface area contributed by atoms with Gasteiger partial charge in [-0.25, -0.2) is 23.3 Å². The molecule has 0 bridgehead atoms. The minimum absolute atomic E-state index is 0.0396. The van der Waals surface area contributed by atoms with Crippen molar-refractivity contribution in [3.8, 4) is 34.3 Å². The van der Waals surface area contributed by atoms with Crippen molar-refractivity contribution in [2.75, 3.05) is 37.4 Å². The molecule has 3 aromatic rings. The zero-order valence-electron chi connectivity index (χ0n) is 43.4. The van der Waals surface area contributed by atoms with Crippen molar-refractivity contribution in [2.45, 2.75) is 85.7 Å². The number of amides is 1. The van der Waals surface area contributed by atoms with Gasteiger partial charge in [0.2, 0.25) is 0 Å². The van der Waals surface area contributed by atoms with Crippen LogP contribution in [0, 0.1) is 24.2 Å². The first-order valence-corrected chi connectivity index (χ1v) is 35.1. The number of hydrogen-bond donors (Lipinski definition) is 10. The summed E-state index contributed by atoms with van der Waals surface area (Å²) in [6.07, 6.45) is -2.17. The number of nitrogens with one attached hydrogen (secondary N) is 2. The fourth-order valence-corrected chi connectivity index (χ4v) is 16.4. The Bertz CT molecular complexity index is 3840. The van der Waals surface area contributed by atoms with Crippen molar-refractivity contribution in [1.29, 1.82) is 5.41 Å². The molecule has 6 rings (SSSR count). The van der Waals surface area contributed by atoms with E-state index in [1.165, 1.54) is 86.6 Å². The number of carbonyl (C=O) groups excluding carboxylic acids is 1. The topological polar surface area (TPSA) is 461 Å². The van der Waals surface area contributed by atoms with E-state index < -0.39 is 123 Å². The van der Waals surface area contributed by atoms with Crippen LogP contribution < -0.4 is 22.1 Å². The first kappa shape index (κ1) is 67.0. The molecule has 1 fully saturated rings. The van der Waals surface area contributed by atoms with Crippen molar-refractivity contribution in [3.63, 3.8) is 0 Å². The van der Waals surface area contributed by atoms with Crippen LogP contribution in [0.25, 0.3) is 33.4 Å². The average molecular weight is 1320 g/mol. The molecule has 3 aliphatic rings. The van der Waals surface area contributed by atoms with Crippen LogP contribution in [0.15, 0.2) is 67.7 Å². The number of nitrogen functional groups attached to an aromatic ring is 1. The summed E-state index contributed by atoms with van der Waals surface area (Å²) in [4.78, 5) is 78.8. The van der Waals surface area contributed by atoms with Crippen LogP contribution in [-0.4, -0.2) is 125 Å². The lowest BCUT2D eigenvalue weighted by Crippen LogP contribution is -2.36. The molecular weight excluding hydrogens is 1270 g/mol. The molecule has 29 nitrogen and oxygen atoms in total. The predicted molar refractivity (Wildman–Crippen MR) is 301 cm³/mol. The molecule has 1 amide bonds.